The molecule has 0 aliphatic heterocycles. The van der Waals surface area contributed by atoms with Gasteiger partial charge in [0.2, 0.25) is 5.79 Å². The molecule has 0 rings (SSSR count). The summed E-state index contributed by atoms with van der Waals surface area (Å²) < 4.78 is 12.3. The highest BCUT2D eigenvalue weighted by Gasteiger charge is 2.45. The maximum absolute atomic E-state index is 11.1. The standard InChI is InChI=1S/C33H69NO6/c1-4-6-8-10-12-14-16-18-20-22-29-39-33(31(3)36,32(37)25-27-34(38)26-24-28-35)40-30-23-21-19-17-15-13-11-9-7-5-2/h31-32,35-38H,4-30H2,1-3H3. The molecule has 0 spiro atoms. The Morgan fingerprint density at radius 1 is 0.575 bits per heavy atom. The number of nitrogens with zero attached hydrogens (tertiary/aromatic N) is 1. The van der Waals surface area contributed by atoms with Crippen molar-refractivity contribution in [2.45, 2.75) is 180 Å². The quantitative estimate of drug-likeness (QED) is 0.0369. The first-order chi connectivity index (χ1) is 19.4. The molecule has 0 heterocycles. The van der Waals surface area contributed by atoms with Crippen LogP contribution in [-0.2, 0) is 9.47 Å². The third-order valence-corrected chi connectivity index (χ3v) is 7.93. The van der Waals surface area contributed by atoms with Crippen molar-refractivity contribution in [3.63, 3.8) is 0 Å². The number of hydrogen-bond donors (Lipinski definition) is 4. The van der Waals surface area contributed by atoms with E-state index in [4.69, 9.17) is 14.6 Å². The molecule has 0 amide bonds. The second-order valence-electron chi connectivity index (χ2n) is 11.8. The highest BCUT2D eigenvalue weighted by Crippen LogP contribution is 2.27. The van der Waals surface area contributed by atoms with Crippen LogP contribution in [0.4, 0.5) is 0 Å². The predicted molar refractivity (Wildman–Crippen MR) is 166 cm³/mol. The molecule has 2 atom stereocenters. The van der Waals surface area contributed by atoms with E-state index in [1.165, 1.54) is 103 Å². The van der Waals surface area contributed by atoms with Crippen molar-refractivity contribution < 1.29 is 30.0 Å². The van der Waals surface area contributed by atoms with Crippen molar-refractivity contribution in [1.82, 2.24) is 5.06 Å². The van der Waals surface area contributed by atoms with E-state index in [1.54, 1.807) is 6.92 Å². The highest BCUT2D eigenvalue weighted by atomic mass is 16.7. The molecule has 0 radical (unpaired) electrons. The Morgan fingerprint density at radius 2 is 0.950 bits per heavy atom. The van der Waals surface area contributed by atoms with Gasteiger partial charge in [-0.05, 0) is 32.6 Å². The van der Waals surface area contributed by atoms with Crippen LogP contribution in [0.15, 0.2) is 0 Å². The van der Waals surface area contributed by atoms with Gasteiger partial charge in [-0.25, -0.2) is 0 Å². The van der Waals surface area contributed by atoms with Gasteiger partial charge in [0, 0.05) is 19.7 Å². The molecule has 0 aromatic carbocycles. The Bertz CT molecular complexity index is 481. The third-order valence-electron chi connectivity index (χ3n) is 7.93. The molecule has 0 fully saturated rings. The van der Waals surface area contributed by atoms with Crippen LogP contribution < -0.4 is 0 Å². The van der Waals surface area contributed by atoms with Gasteiger partial charge < -0.3 is 30.0 Å². The van der Waals surface area contributed by atoms with Crippen LogP contribution in [0.2, 0.25) is 0 Å². The van der Waals surface area contributed by atoms with Crippen LogP contribution in [0.3, 0.4) is 0 Å². The van der Waals surface area contributed by atoms with E-state index < -0.39 is 18.0 Å². The van der Waals surface area contributed by atoms with E-state index in [-0.39, 0.29) is 19.6 Å². The highest BCUT2D eigenvalue weighted by molar-refractivity contribution is 4.86. The summed E-state index contributed by atoms with van der Waals surface area (Å²) in [5.74, 6) is -1.50. The van der Waals surface area contributed by atoms with Gasteiger partial charge in [0.15, 0.2) is 0 Å². The zero-order valence-corrected chi connectivity index (χ0v) is 26.8. The van der Waals surface area contributed by atoms with E-state index in [1.807, 2.05) is 0 Å². The summed E-state index contributed by atoms with van der Waals surface area (Å²) >= 11 is 0. The van der Waals surface area contributed by atoms with Gasteiger partial charge in [0.1, 0.15) is 12.2 Å². The normalized spacial score (nSPS) is 13.8. The molecule has 0 saturated carbocycles. The maximum Gasteiger partial charge on any atom is 0.221 e. The molecule has 0 aromatic heterocycles. The monoisotopic (exact) mass is 576 g/mol. The Labute approximate surface area is 248 Å². The van der Waals surface area contributed by atoms with Gasteiger partial charge in [0.05, 0.1) is 13.2 Å². The van der Waals surface area contributed by atoms with Gasteiger partial charge in [-0.3, -0.25) is 0 Å². The maximum atomic E-state index is 11.1. The van der Waals surface area contributed by atoms with Gasteiger partial charge in [0.25, 0.3) is 0 Å². The van der Waals surface area contributed by atoms with Crippen molar-refractivity contribution in [3.8, 4) is 0 Å². The fourth-order valence-electron chi connectivity index (χ4n) is 5.23. The second-order valence-corrected chi connectivity index (χ2v) is 11.8. The minimum atomic E-state index is -1.50. The Hall–Kier alpha value is -0.280. The SMILES string of the molecule is CCCCCCCCCCCCOC(OCCCCCCCCCCCC)(C(C)O)C(O)CCN(O)CCCO. The number of ether oxygens (including phenoxy) is 2. The molecule has 40 heavy (non-hydrogen) atoms. The van der Waals surface area contributed by atoms with Crippen molar-refractivity contribution in [1.29, 1.82) is 0 Å². The van der Waals surface area contributed by atoms with E-state index in [9.17, 15) is 15.4 Å². The molecule has 242 valence electrons. The second kappa shape index (κ2) is 28.8. The molecular weight excluding hydrogens is 506 g/mol. The van der Waals surface area contributed by atoms with Gasteiger partial charge >= 0.3 is 0 Å². The third kappa shape index (κ3) is 21.4. The molecule has 2 unspecified atom stereocenters. The van der Waals surface area contributed by atoms with Crippen molar-refractivity contribution in [3.05, 3.63) is 0 Å². The lowest BCUT2D eigenvalue weighted by atomic mass is 10.0. The number of hydrogen-bond acceptors (Lipinski definition) is 7. The summed E-state index contributed by atoms with van der Waals surface area (Å²) in [6.45, 7) is 7.48. The van der Waals surface area contributed by atoms with E-state index in [2.05, 4.69) is 13.8 Å². The molecule has 0 bridgehead atoms. The summed E-state index contributed by atoms with van der Waals surface area (Å²) in [4.78, 5) is 0. The molecular formula is C33H69NO6. The Morgan fingerprint density at radius 3 is 1.30 bits per heavy atom. The summed E-state index contributed by atoms with van der Waals surface area (Å²) in [5.41, 5.74) is 0. The summed E-state index contributed by atoms with van der Waals surface area (Å²) in [6.07, 6.45) is 23.1. The van der Waals surface area contributed by atoms with Crippen LogP contribution in [0.1, 0.15) is 162 Å². The number of hydroxylamine groups is 2. The van der Waals surface area contributed by atoms with Crippen LogP contribution in [0.25, 0.3) is 0 Å². The lowest BCUT2D eigenvalue weighted by Gasteiger charge is -2.40. The van der Waals surface area contributed by atoms with Crippen LogP contribution in [0, 0.1) is 0 Å². The number of aliphatic hydroxyl groups is 3. The molecule has 0 saturated heterocycles. The molecule has 4 N–H and O–H groups in total. The average molecular weight is 576 g/mol. The fraction of sp³-hybridized carbons (Fsp3) is 1.00. The lowest BCUT2D eigenvalue weighted by Crippen LogP contribution is -2.56. The minimum absolute atomic E-state index is 0.00115. The molecule has 0 aromatic rings. The topological polar surface area (TPSA) is 103 Å². The number of unbranched alkanes of at least 4 members (excludes halogenated alkanes) is 18. The Balaban J connectivity index is 4.60. The zero-order valence-electron chi connectivity index (χ0n) is 26.8. The van der Waals surface area contributed by atoms with Crippen LogP contribution in [0.5, 0.6) is 0 Å². The lowest BCUT2D eigenvalue weighted by molar-refractivity contribution is -0.322. The van der Waals surface area contributed by atoms with Gasteiger partial charge in [-0.15, -0.1) is 0 Å². The number of aliphatic hydroxyl groups excluding tert-OH is 3. The van der Waals surface area contributed by atoms with Crippen LogP contribution in [-0.4, -0.2) is 76.5 Å². The van der Waals surface area contributed by atoms with Gasteiger partial charge in [-0.1, -0.05) is 129 Å². The Kier molecular flexibility index (Phi) is 28.6. The average Bonchev–Trinajstić information content (AvgIpc) is 2.95. The van der Waals surface area contributed by atoms with Crippen LogP contribution >= 0.6 is 0 Å². The smallest absolute Gasteiger partial charge is 0.221 e. The van der Waals surface area contributed by atoms with E-state index in [0.29, 0.717) is 26.2 Å². The van der Waals surface area contributed by atoms with E-state index >= 15 is 0 Å². The largest absolute Gasteiger partial charge is 0.396 e. The van der Waals surface area contributed by atoms with Crippen molar-refractivity contribution in [2.24, 2.45) is 0 Å². The molecule has 0 aliphatic rings. The summed E-state index contributed by atoms with van der Waals surface area (Å²) in [7, 11) is 0. The van der Waals surface area contributed by atoms with E-state index in [0.717, 1.165) is 30.7 Å². The zero-order chi connectivity index (χ0) is 29.7. The van der Waals surface area contributed by atoms with Gasteiger partial charge in [-0.2, -0.15) is 5.06 Å². The molecule has 0 aliphatic carbocycles. The number of rotatable bonds is 32. The summed E-state index contributed by atoms with van der Waals surface area (Å²) in [6, 6.07) is 0. The first-order valence-corrected chi connectivity index (χ1v) is 17.1. The predicted octanol–water partition coefficient (Wildman–Crippen LogP) is 7.76. The van der Waals surface area contributed by atoms with Crippen molar-refractivity contribution in [2.75, 3.05) is 32.9 Å². The van der Waals surface area contributed by atoms with Crippen molar-refractivity contribution >= 4 is 0 Å². The first kappa shape index (κ1) is 39.7. The molecule has 7 heteroatoms. The minimum Gasteiger partial charge on any atom is -0.396 e. The first-order valence-electron chi connectivity index (χ1n) is 17.1. The fourth-order valence-corrected chi connectivity index (χ4v) is 5.23. The molecule has 7 nitrogen and oxygen atoms in total. The summed E-state index contributed by atoms with van der Waals surface area (Å²) in [5, 5.41) is 42.0.